The normalized spacial score (nSPS) is 14.6. The van der Waals surface area contributed by atoms with Crippen LogP contribution in [0.15, 0.2) is 48.5 Å². The highest BCUT2D eigenvalue weighted by atomic mass is 16.5. The Morgan fingerprint density at radius 1 is 1.00 bits per heavy atom. The number of nitrogens with one attached hydrogen (secondary N) is 2. The molecule has 0 bridgehead atoms. The van der Waals surface area contributed by atoms with Gasteiger partial charge in [0, 0.05) is 31.0 Å². The molecular weight excluding hydrogens is 342 g/mol. The molecule has 1 aliphatic heterocycles. The van der Waals surface area contributed by atoms with E-state index in [9.17, 15) is 4.79 Å². The minimum Gasteiger partial charge on any atom is -0.494 e. The third-order valence-corrected chi connectivity index (χ3v) is 4.41. The summed E-state index contributed by atoms with van der Waals surface area (Å²) in [6, 6.07) is 14.8. The molecule has 6 nitrogen and oxygen atoms in total. The van der Waals surface area contributed by atoms with Crippen molar-refractivity contribution in [1.29, 1.82) is 0 Å². The lowest BCUT2D eigenvalue weighted by molar-refractivity contribution is 0.0358. The minimum absolute atomic E-state index is 0.266. The van der Waals surface area contributed by atoms with E-state index in [1.165, 1.54) is 0 Å². The van der Waals surface area contributed by atoms with E-state index in [1.54, 1.807) is 0 Å². The van der Waals surface area contributed by atoms with Crippen LogP contribution in [0.2, 0.25) is 0 Å². The van der Waals surface area contributed by atoms with E-state index >= 15 is 0 Å². The van der Waals surface area contributed by atoms with Crippen molar-refractivity contribution < 1.29 is 14.3 Å². The Morgan fingerprint density at radius 3 is 2.22 bits per heavy atom. The summed E-state index contributed by atoms with van der Waals surface area (Å²) < 4.78 is 11.1. The Kier molecular flexibility index (Phi) is 7.07. The largest absolute Gasteiger partial charge is 0.494 e. The second kappa shape index (κ2) is 9.94. The van der Waals surface area contributed by atoms with Gasteiger partial charge in [0.15, 0.2) is 0 Å². The molecule has 0 aliphatic carbocycles. The highest BCUT2D eigenvalue weighted by Crippen LogP contribution is 2.16. The van der Waals surface area contributed by atoms with Crippen LogP contribution in [0.5, 0.6) is 5.75 Å². The lowest BCUT2D eigenvalue weighted by Gasteiger charge is -2.26. The Hall–Kier alpha value is -2.57. The summed E-state index contributed by atoms with van der Waals surface area (Å²) in [6.45, 7) is 7.38. The number of carbonyl (C=O) groups is 1. The van der Waals surface area contributed by atoms with Gasteiger partial charge in [-0.15, -0.1) is 0 Å². The van der Waals surface area contributed by atoms with Crippen molar-refractivity contribution in [2.45, 2.75) is 13.3 Å². The van der Waals surface area contributed by atoms with Crippen LogP contribution in [0.4, 0.5) is 16.2 Å². The van der Waals surface area contributed by atoms with Crippen molar-refractivity contribution in [2.75, 3.05) is 50.1 Å². The van der Waals surface area contributed by atoms with Gasteiger partial charge in [0.2, 0.25) is 0 Å². The summed E-state index contributed by atoms with van der Waals surface area (Å²) in [5, 5.41) is 5.63. The SMILES string of the molecule is Cc1ccc(NC(=O)Nc2ccc(OCCCN3CCOCC3)cc2)cc1. The minimum atomic E-state index is -0.266. The summed E-state index contributed by atoms with van der Waals surface area (Å²) >= 11 is 0. The lowest BCUT2D eigenvalue weighted by atomic mass is 10.2. The van der Waals surface area contributed by atoms with Crippen molar-refractivity contribution in [1.82, 2.24) is 4.90 Å². The maximum atomic E-state index is 12.0. The number of morpholine rings is 1. The van der Waals surface area contributed by atoms with Crippen LogP contribution in [0.1, 0.15) is 12.0 Å². The molecule has 0 saturated carbocycles. The standard InChI is InChI=1S/C21H27N3O3/c1-17-3-5-18(6-4-17)22-21(25)23-19-7-9-20(10-8-19)27-14-2-11-24-12-15-26-16-13-24/h3-10H,2,11-16H2,1H3,(H2,22,23,25). The van der Waals surface area contributed by atoms with Gasteiger partial charge in [-0.1, -0.05) is 17.7 Å². The molecule has 0 radical (unpaired) electrons. The lowest BCUT2D eigenvalue weighted by Crippen LogP contribution is -2.37. The molecule has 0 aromatic heterocycles. The fourth-order valence-electron chi connectivity index (χ4n) is 2.87. The average molecular weight is 369 g/mol. The van der Waals surface area contributed by atoms with Crippen LogP contribution in [-0.4, -0.2) is 50.4 Å². The highest BCUT2D eigenvalue weighted by Gasteiger charge is 2.09. The molecule has 2 aromatic rings. The molecule has 144 valence electrons. The first kappa shape index (κ1) is 19.2. The van der Waals surface area contributed by atoms with Crippen molar-refractivity contribution in [3.05, 3.63) is 54.1 Å². The molecule has 0 atom stereocenters. The van der Waals surface area contributed by atoms with Gasteiger partial charge in [-0.2, -0.15) is 0 Å². The van der Waals surface area contributed by atoms with Gasteiger partial charge in [-0.3, -0.25) is 4.90 Å². The third kappa shape index (κ3) is 6.58. The fraction of sp³-hybridized carbons (Fsp3) is 0.381. The second-order valence-corrected chi connectivity index (χ2v) is 6.63. The van der Waals surface area contributed by atoms with Gasteiger partial charge in [-0.05, 0) is 49.7 Å². The van der Waals surface area contributed by atoms with E-state index in [2.05, 4.69) is 15.5 Å². The van der Waals surface area contributed by atoms with Crippen LogP contribution in [0, 0.1) is 6.92 Å². The average Bonchev–Trinajstić information content (AvgIpc) is 2.69. The number of benzene rings is 2. The Labute approximate surface area is 160 Å². The summed E-state index contributed by atoms with van der Waals surface area (Å²) in [5.41, 5.74) is 2.64. The number of urea groups is 1. The molecule has 1 aliphatic rings. The molecule has 0 spiro atoms. The number of ether oxygens (including phenoxy) is 2. The maximum Gasteiger partial charge on any atom is 0.323 e. The number of carbonyl (C=O) groups excluding carboxylic acids is 1. The van der Waals surface area contributed by atoms with Crippen LogP contribution < -0.4 is 15.4 Å². The molecule has 3 rings (SSSR count). The van der Waals surface area contributed by atoms with Gasteiger partial charge in [0.25, 0.3) is 0 Å². The summed E-state index contributed by atoms with van der Waals surface area (Å²) in [6.07, 6.45) is 0.985. The molecule has 2 aromatic carbocycles. The zero-order chi connectivity index (χ0) is 18.9. The van der Waals surface area contributed by atoms with Crippen LogP contribution >= 0.6 is 0 Å². The summed E-state index contributed by atoms with van der Waals surface area (Å²) in [4.78, 5) is 14.4. The molecule has 1 saturated heterocycles. The summed E-state index contributed by atoms with van der Waals surface area (Å²) in [7, 11) is 0. The number of anilines is 2. The zero-order valence-electron chi connectivity index (χ0n) is 15.7. The molecule has 6 heteroatoms. The predicted octanol–water partition coefficient (Wildman–Crippen LogP) is 3.74. The molecular formula is C21H27N3O3. The molecule has 2 amide bonds. The number of nitrogens with zero attached hydrogens (tertiary/aromatic N) is 1. The molecule has 27 heavy (non-hydrogen) atoms. The summed E-state index contributed by atoms with van der Waals surface area (Å²) in [5.74, 6) is 0.807. The zero-order valence-corrected chi connectivity index (χ0v) is 15.7. The number of rotatable bonds is 7. The van der Waals surface area contributed by atoms with E-state index in [4.69, 9.17) is 9.47 Å². The molecule has 2 N–H and O–H groups in total. The van der Waals surface area contributed by atoms with E-state index in [-0.39, 0.29) is 6.03 Å². The Balaban J connectivity index is 1.37. The van der Waals surface area contributed by atoms with Crippen molar-refractivity contribution in [2.24, 2.45) is 0 Å². The topological polar surface area (TPSA) is 62.8 Å². The van der Waals surface area contributed by atoms with Crippen molar-refractivity contribution >= 4 is 17.4 Å². The van der Waals surface area contributed by atoms with Crippen molar-refractivity contribution in [3.8, 4) is 5.75 Å². The van der Waals surface area contributed by atoms with Gasteiger partial charge < -0.3 is 20.1 Å². The van der Waals surface area contributed by atoms with E-state index in [0.717, 1.165) is 62.0 Å². The van der Waals surface area contributed by atoms with E-state index < -0.39 is 0 Å². The molecule has 1 fully saturated rings. The van der Waals surface area contributed by atoms with Gasteiger partial charge in [0.05, 0.1) is 19.8 Å². The first-order valence-electron chi connectivity index (χ1n) is 9.37. The molecule has 0 unspecified atom stereocenters. The fourth-order valence-corrected chi connectivity index (χ4v) is 2.87. The van der Waals surface area contributed by atoms with Crippen LogP contribution in [0.3, 0.4) is 0 Å². The molecule has 1 heterocycles. The quantitative estimate of drug-likeness (QED) is 0.730. The smallest absolute Gasteiger partial charge is 0.323 e. The Morgan fingerprint density at radius 2 is 1.59 bits per heavy atom. The van der Waals surface area contributed by atoms with Crippen LogP contribution in [0.25, 0.3) is 0 Å². The first-order valence-corrected chi connectivity index (χ1v) is 9.37. The van der Waals surface area contributed by atoms with Gasteiger partial charge >= 0.3 is 6.03 Å². The van der Waals surface area contributed by atoms with Crippen molar-refractivity contribution in [3.63, 3.8) is 0 Å². The first-order chi connectivity index (χ1) is 13.2. The Bertz CT molecular complexity index is 710. The van der Waals surface area contributed by atoms with Gasteiger partial charge in [0.1, 0.15) is 5.75 Å². The predicted molar refractivity (Wildman–Crippen MR) is 108 cm³/mol. The number of amides is 2. The van der Waals surface area contributed by atoms with Gasteiger partial charge in [-0.25, -0.2) is 4.79 Å². The van der Waals surface area contributed by atoms with E-state index in [0.29, 0.717) is 6.61 Å². The highest BCUT2D eigenvalue weighted by molar-refractivity contribution is 5.99. The number of aryl methyl sites for hydroxylation is 1. The number of hydrogen-bond acceptors (Lipinski definition) is 4. The second-order valence-electron chi connectivity index (χ2n) is 6.63. The third-order valence-electron chi connectivity index (χ3n) is 4.41. The van der Waals surface area contributed by atoms with E-state index in [1.807, 2.05) is 55.5 Å². The number of hydrogen-bond donors (Lipinski definition) is 2. The monoisotopic (exact) mass is 369 g/mol. The maximum absolute atomic E-state index is 12.0. The van der Waals surface area contributed by atoms with Crippen LogP contribution in [-0.2, 0) is 4.74 Å².